The minimum absolute atomic E-state index is 0.803. The van der Waals surface area contributed by atoms with Crippen LogP contribution in [-0.4, -0.2) is 63.4 Å². The Hall–Kier alpha value is -1.33. The van der Waals surface area contributed by atoms with Gasteiger partial charge in [-0.3, -0.25) is 4.90 Å². The summed E-state index contributed by atoms with van der Waals surface area (Å²) in [6.45, 7) is 5.99. The SMILES string of the molecule is COCCN1CCN(c2ccc(OC)cn2)CC1. The Kier molecular flexibility index (Phi) is 4.78. The van der Waals surface area contributed by atoms with Crippen LogP contribution in [0, 0.1) is 0 Å². The molecule has 5 heteroatoms. The van der Waals surface area contributed by atoms with E-state index in [4.69, 9.17) is 9.47 Å². The van der Waals surface area contributed by atoms with Gasteiger partial charge in [0.1, 0.15) is 11.6 Å². The van der Waals surface area contributed by atoms with Crippen molar-refractivity contribution in [3.63, 3.8) is 0 Å². The monoisotopic (exact) mass is 251 g/mol. The first kappa shape index (κ1) is 13.1. The van der Waals surface area contributed by atoms with Crippen LogP contribution in [0.3, 0.4) is 0 Å². The van der Waals surface area contributed by atoms with Gasteiger partial charge in [0.25, 0.3) is 0 Å². The molecule has 100 valence electrons. The third-order valence-electron chi connectivity index (χ3n) is 3.26. The number of hydrogen-bond acceptors (Lipinski definition) is 5. The molecule has 2 heterocycles. The molecule has 1 aromatic rings. The van der Waals surface area contributed by atoms with E-state index in [0.29, 0.717) is 0 Å². The summed E-state index contributed by atoms with van der Waals surface area (Å²) in [5, 5.41) is 0. The van der Waals surface area contributed by atoms with Gasteiger partial charge in [0.2, 0.25) is 0 Å². The van der Waals surface area contributed by atoms with Crippen LogP contribution in [0.25, 0.3) is 0 Å². The highest BCUT2D eigenvalue weighted by molar-refractivity contribution is 5.41. The van der Waals surface area contributed by atoms with Gasteiger partial charge in [-0.25, -0.2) is 4.98 Å². The number of hydrogen-bond donors (Lipinski definition) is 0. The standard InChI is InChI=1S/C13H21N3O2/c1-17-10-9-15-5-7-16(8-6-15)13-4-3-12(18-2)11-14-13/h3-4,11H,5-10H2,1-2H3. The first-order chi connectivity index (χ1) is 8.83. The Morgan fingerprint density at radius 2 is 1.94 bits per heavy atom. The molecule has 1 aliphatic heterocycles. The van der Waals surface area contributed by atoms with Gasteiger partial charge in [0.05, 0.1) is 19.9 Å². The zero-order valence-corrected chi connectivity index (χ0v) is 11.1. The molecule has 0 spiro atoms. The van der Waals surface area contributed by atoms with Crippen molar-refractivity contribution in [2.45, 2.75) is 0 Å². The number of rotatable bonds is 5. The van der Waals surface area contributed by atoms with Gasteiger partial charge in [-0.1, -0.05) is 0 Å². The molecular formula is C13H21N3O2. The highest BCUT2D eigenvalue weighted by Crippen LogP contribution is 2.16. The van der Waals surface area contributed by atoms with Crippen LogP contribution >= 0.6 is 0 Å². The van der Waals surface area contributed by atoms with E-state index in [1.807, 2.05) is 12.1 Å². The molecule has 0 N–H and O–H groups in total. The van der Waals surface area contributed by atoms with Crippen molar-refractivity contribution in [2.75, 3.05) is 58.5 Å². The quantitative estimate of drug-likeness (QED) is 0.776. The number of nitrogens with zero attached hydrogens (tertiary/aromatic N) is 3. The summed E-state index contributed by atoms with van der Waals surface area (Å²) >= 11 is 0. The number of pyridine rings is 1. The molecule has 0 saturated carbocycles. The molecule has 1 saturated heterocycles. The average molecular weight is 251 g/mol. The summed E-state index contributed by atoms with van der Waals surface area (Å²) in [6, 6.07) is 3.98. The maximum absolute atomic E-state index is 5.11. The van der Waals surface area contributed by atoms with Crippen molar-refractivity contribution < 1.29 is 9.47 Å². The van der Waals surface area contributed by atoms with E-state index in [1.165, 1.54) is 0 Å². The van der Waals surface area contributed by atoms with Gasteiger partial charge in [-0.2, -0.15) is 0 Å². The highest BCUT2D eigenvalue weighted by atomic mass is 16.5. The van der Waals surface area contributed by atoms with Crippen molar-refractivity contribution in [2.24, 2.45) is 0 Å². The summed E-state index contributed by atoms with van der Waals surface area (Å²) in [6.07, 6.45) is 1.77. The second kappa shape index (κ2) is 6.56. The first-order valence-corrected chi connectivity index (χ1v) is 6.30. The van der Waals surface area contributed by atoms with Gasteiger partial charge >= 0.3 is 0 Å². The topological polar surface area (TPSA) is 37.8 Å². The van der Waals surface area contributed by atoms with Crippen LogP contribution in [0.4, 0.5) is 5.82 Å². The van der Waals surface area contributed by atoms with Crippen LogP contribution in [0.5, 0.6) is 5.75 Å². The van der Waals surface area contributed by atoms with Crippen molar-refractivity contribution in [3.05, 3.63) is 18.3 Å². The fraction of sp³-hybridized carbons (Fsp3) is 0.615. The number of ether oxygens (including phenoxy) is 2. The van der Waals surface area contributed by atoms with Gasteiger partial charge in [-0.05, 0) is 12.1 Å². The van der Waals surface area contributed by atoms with Crippen molar-refractivity contribution in [3.8, 4) is 5.75 Å². The molecule has 5 nitrogen and oxygen atoms in total. The Balaban J connectivity index is 1.84. The smallest absolute Gasteiger partial charge is 0.137 e. The molecule has 0 atom stereocenters. The lowest BCUT2D eigenvalue weighted by atomic mass is 10.3. The summed E-state index contributed by atoms with van der Waals surface area (Å²) < 4.78 is 10.2. The van der Waals surface area contributed by atoms with E-state index in [0.717, 1.165) is 50.9 Å². The Bertz CT molecular complexity index is 348. The van der Waals surface area contributed by atoms with E-state index in [9.17, 15) is 0 Å². The van der Waals surface area contributed by atoms with E-state index < -0.39 is 0 Å². The minimum Gasteiger partial charge on any atom is -0.495 e. The first-order valence-electron chi connectivity index (χ1n) is 6.30. The lowest BCUT2D eigenvalue weighted by molar-refractivity contribution is 0.144. The van der Waals surface area contributed by atoms with Crippen molar-refractivity contribution >= 4 is 5.82 Å². The van der Waals surface area contributed by atoms with E-state index in [-0.39, 0.29) is 0 Å². The molecule has 1 aliphatic rings. The van der Waals surface area contributed by atoms with Gasteiger partial charge < -0.3 is 14.4 Å². The highest BCUT2D eigenvalue weighted by Gasteiger charge is 2.17. The average Bonchev–Trinajstić information content (AvgIpc) is 2.46. The predicted molar refractivity (Wildman–Crippen MR) is 71.3 cm³/mol. The Labute approximate surface area is 108 Å². The Morgan fingerprint density at radius 3 is 2.50 bits per heavy atom. The normalized spacial score (nSPS) is 16.9. The molecule has 0 amide bonds. The second-order valence-electron chi connectivity index (χ2n) is 4.38. The second-order valence-corrected chi connectivity index (χ2v) is 4.38. The third kappa shape index (κ3) is 3.34. The molecule has 0 unspecified atom stereocenters. The molecule has 0 radical (unpaired) electrons. The molecule has 0 aromatic carbocycles. The molecule has 1 fully saturated rings. The zero-order valence-electron chi connectivity index (χ0n) is 11.1. The van der Waals surface area contributed by atoms with Crippen LogP contribution in [0.1, 0.15) is 0 Å². The van der Waals surface area contributed by atoms with E-state index in [1.54, 1.807) is 20.4 Å². The number of methoxy groups -OCH3 is 2. The summed E-state index contributed by atoms with van der Waals surface area (Å²) in [5.74, 6) is 1.83. The lowest BCUT2D eigenvalue weighted by Crippen LogP contribution is -2.47. The largest absolute Gasteiger partial charge is 0.495 e. The molecule has 2 rings (SSSR count). The third-order valence-corrected chi connectivity index (χ3v) is 3.26. The van der Waals surface area contributed by atoms with E-state index >= 15 is 0 Å². The van der Waals surface area contributed by atoms with Gasteiger partial charge in [0.15, 0.2) is 0 Å². The molecule has 1 aromatic heterocycles. The zero-order chi connectivity index (χ0) is 12.8. The number of piperazine rings is 1. The van der Waals surface area contributed by atoms with E-state index in [2.05, 4.69) is 14.8 Å². The summed E-state index contributed by atoms with van der Waals surface area (Å²) in [4.78, 5) is 9.15. The van der Waals surface area contributed by atoms with Crippen LogP contribution in [0.2, 0.25) is 0 Å². The maximum Gasteiger partial charge on any atom is 0.137 e. The fourth-order valence-corrected chi connectivity index (χ4v) is 2.10. The van der Waals surface area contributed by atoms with Crippen molar-refractivity contribution in [1.29, 1.82) is 0 Å². The fourth-order valence-electron chi connectivity index (χ4n) is 2.10. The lowest BCUT2D eigenvalue weighted by Gasteiger charge is -2.35. The van der Waals surface area contributed by atoms with Gasteiger partial charge in [-0.15, -0.1) is 0 Å². The van der Waals surface area contributed by atoms with Crippen LogP contribution < -0.4 is 9.64 Å². The number of anilines is 1. The molecule has 0 aliphatic carbocycles. The summed E-state index contributed by atoms with van der Waals surface area (Å²) in [5.41, 5.74) is 0. The molecular weight excluding hydrogens is 230 g/mol. The number of aromatic nitrogens is 1. The Morgan fingerprint density at radius 1 is 1.17 bits per heavy atom. The summed E-state index contributed by atoms with van der Waals surface area (Å²) in [7, 11) is 3.41. The maximum atomic E-state index is 5.11. The minimum atomic E-state index is 0.803. The van der Waals surface area contributed by atoms with Crippen LogP contribution in [-0.2, 0) is 4.74 Å². The predicted octanol–water partition coefficient (Wildman–Crippen LogP) is 0.859. The van der Waals surface area contributed by atoms with Crippen molar-refractivity contribution in [1.82, 2.24) is 9.88 Å². The molecule has 0 bridgehead atoms. The molecule has 18 heavy (non-hydrogen) atoms. The van der Waals surface area contributed by atoms with Crippen LogP contribution in [0.15, 0.2) is 18.3 Å². The van der Waals surface area contributed by atoms with Gasteiger partial charge in [0, 0.05) is 39.8 Å².